The van der Waals surface area contributed by atoms with Crippen LogP contribution in [0.3, 0.4) is 0 Å². The molecule has 0 spiro atoms. The third-order valence-electron chi connectivity index (χ3n) is 4.85. The van der Waals surface area contributed by atoms with E-state index < -0.39 is 5.97 Å². The average molecular weight is 287 g/mol. The lowest BCUT2D eigenvalue weighted by Crippen LogP contribution is -2.39. The molecule has 0 bridgehead atoms. The van der Waals surface area contributed by atoms with E-state index in [1.807, 2.05) is 12.1 Å². The molecule has 3 atom stereocenters. The first-order valence-corrected chi connectivity index (χ1v) is 7.73. The zero-order chi connectivity index (χ0) is 14.8. The van der Waals surface area contributed by atoms with Crippen LogP contribution in [0.4, 0.5) is 0 Å². The van der Waals surface area contributed by atoms with Crippen molar-refractivity contribution in [3.05, 3.63) is 35.4 Å². The van der Waals surface area contributed by atoms with E-state index in [9.17, 15) is 9.59 Å². The monoisotopic (exact) mass is 287 g/mol. The van der Waals surface area contributed by atoms with Gasteiger partial charge in [0.2, 0.25) is 5.91 Å². The number of hydrogen-bond acceptors (Lipinski definition) is 2. The molecule has 0 saturated heterocycles. The van der Waals surface area contributed by atoms with E-state index in [4.69, 9.17) is 5.11 Å². The van der Waals surface area contributed by atoms with Gasteiger partial charge in [-0.25, -0.2) is 0 Å². The van der Waals surface area contributed by atoms with Gasteiger partial charge in [0.05, 0.1) is 5.92 Å². The number of benzene rings is 1. The van der Waals surface area contributed by atoms with Crippen LogP contribution < -0.4 is 5.32 Å². The molecule has 0 heterocycles. The van der Waals surface area contributed by atoms with E-state index in [1.165, 1.54) is 11.1 Å². The Morgan fingerprint density at radius 1 is 1.05 bits per heavy atom. The molecule has 112 valence electrons. The Morgan fingerprint density at radius 2 is 1.81 bits per heavy atom. The molecule has 4 heteroatoms. The Hall–Kier alpha value is -1.84. The molecule has 1 aromatic rings. The topological polar surface area (TPSA) is 66.4 Å². The van der Waals surface area contributed by atoms with Crippen LogP contribution in [0.15, 0.2) is 24.3 Å². The summed E-state index contributed by atoms with van der Waals surface area (Å²) in [6.45, 7) is 0. The standard InChI is InChI=1S/C17H21NO3/c19-16(18-15-8-7-14(10-15)17(20)21)13-6-5-11-3-1-2-4-12(11)9-13/h1-4,13-15H,5-10H2,(H,18,19)(H,20,21). The maximum absolute atomic E-state index is 12.4. The highest BCUT2D eigenvalue weighted by Crippen LogP contribution is 2.28. The number of nitrogens with one attached hydrogen (secondary N) is 1. The number of rotatable bonds is 3. The highest BCUT2D eigenvalue weighted by molar-refractivity contribution is 5.80. The van der Waals surface area contributed by atoms with Crippen LogP contribution in [-0.2, 0) is 22.4 Å². The SMILES string of the molecule is O=C(O)C1CCC(NC(=O)C2CCc3ccccc3C2)C1. The highest BCUT2D eigenvalue weighted by atomic mass is 16.4. The molecule has 1 amide bonds. The summed E-state index contributed by atoms with van der Waals surface area (Å²) >= 11 is 0. The molecule has 2 aliphatic rings. The van der Waals surface area contributed by atoms with E-state index in [0.29, 0.717) is 12.8 Å². The zero-order valence-electron chi connectivity index (χ0n) is 12.0. The second kappa shape index (κ2) is 5.88. The van der Waals surface area contributed by atoms with Crippen LogP contribution in [0.5, 0.6) is 0 Å². The summed E-state index contributed by atoms with van der Waals surface area (Å²) in [5.41, 5.74) is 2.63. The van der Waals surface area contributed by atoms with Crippen molar-refractivity contribution >= 4 is 11.9 Å². The molecule has 0 aliphatic heterocycles. The Labute approximate surface area is 124 Å². The first-order chi connectivity index (χ1) is 10.1. The summed E-state index contributed by atoms with van der Waals surface area (Å²) in [6, 6.07) is 8.34. The van der Waals surface area contributed by atoms with Crippen molar-refractivity contribution in [1.82, 2.24) is 5.32 Å². The summed E-state index contributed by atoms with van der Waals surface area (Å²) in [5.74, 6) is -0.898. The lowest BCUT2D eigenvalue weighted by molar-refractivity contribution is -0.141. The number of amides is 1. The molecule has 2 N–H and O–H groups in total. The van der Waals surface area contributed by atoms with Crippen LogP contribution in [0, 0.1) is 11.8 Å². The van der Waals surface area contributed by atoms with Gasteiger partial charge in [-0.1, -0.05) is 24.3 Å². The predicted molar refractivity (Wildman–Crippen MR) is 78.9 cm³/mol. The van der Waals surface area contributed by atoms with Gasteiger partial charge in [-0.05, 0) is 49.7 Å². The molecule has 1 saturated carbocycles. The maximum atomic E-state index is 12.4. The summed E-state index contributed by atoms with van der Waals surface area (Å²) < 4.78 is 0. The molecular weight excluding hydrogens is 266 g/mol. The molecule has 21 heavy (non-hydrogen) atoms. The molecule has 2 aliphatic carbocycles. The molecule has 1 fully saturated rings. The molecule has 3 unspecified atom stereocenters. The minimum atomic E-state index is -0.738. The average Bonchev–Trinajstić information content (AvgIpc) is 2.95. The van der Waals surface area contributed by atoms with E-state index in [1.54, 1.807) is 0 Å². The molecule has 0 aromatic heterocycles. The molecule has 0 radical (unpaired) electrons. The van der Waals surface area contributed by atoms with Crippen molar-refractivity contribution < 1.29 is 14.7 Å². The first-order valence-electron chi connectivity index (χ1n) is 7.73. The van der Waals surface area contributed by atoms with Crippen LogP contribution in [-0.4, -0.2) is 23.0 Å². The minimum absolute atomic E-state index is 0.0313. The van der Waals surface area contributed by atoms with E-state index >= 15 is 0 Å². The Morgan fingerprint density at radius 3 is 2.52 bits per heavy atom. The van der Waals surface area contributed by atoms with Gasteiger partial charge in [-0.3, -0.25) is 9.59 Å². The number of fused-ring (bicyclic) bond motifs is 1. The van der Waals surface area contributed by atoms with Crippen molar-refractivity contribution in [3.8, 4) is 0 Å². The number of aryl methyl sites for hydroxylation is 1. The van der Waals surface area contributed by atoms with Gasteiger partial charge in [0.1, 0.15) is 0 Å². The van der Waals surface area contributed by atoms with Gasteiger partial charge < -0.3 is 10.4 Å². The van der Waals surface area contributed by atoms with Crippen LogP contribution in [0.2, 0.25) is 0 Å². The zero-order valence-corrected chi connectivity index (χ0v) is 12.0. The number of carboxylic acid groups (broad SMARTS) is 1. The van der Waals surface area contributed by atoms with Crippen LogP contribution >= 0.6 is 0 Å². The second-order valence-corrected chi connectivity index (χ2v) is 6.26. The largest absolute Gasteiger partial charge is 0.481 e. The fourth-order valence-electron chi connectivity index (χ4n) is 3.58. The summed E-state index contributed by atoms with van der Waals surface area (Å²) in [5, 5.41) is 12.1. The third kappa shape index (κ3) is 3.09. The van der Waals surface area contributed by atoms with E-state index in [2.05, 4.69) is 17.4 Å². The quantitative estimate of drug-likeness (QED) is 0.895. The Bertz CT molecular complexity index is 555. The van der Waals surface area contributed by atoms with E-state index in [0.717, 1.165) is 25.7 Å². The van der Waals surface area contributed by atoms with Crippen molar-refractivity contribution in [3.63, 3.8) is 0 Å². The number of aliphatic carboxylic acids is 1. The van der Waals surface area contributed by atoms with Crippen molar-refractivity contribution in [1.29, 1.82) is 0 Å². The molecule has 4 nitrogen and oxygen atoms in total. The van der Waals surface area contributed by atoms with Gasteiger partial charge in [-0.2, -0.15) is 0 Å². The summed E-state index contributed by atoms with van der Waals surface area (Å²) in [7, 11) is 0. The maximum Gasteiger partial charge on any atom is 0.306 e. The van der Waals surface area contributed by atoms with Crippen molar-refractivity contribution in [2.45, 2.75) is 44.6 Å². The van der Waals surface area contributed by atoms with Crippen molar-refractivity contribution in [2.75, 3.05) is 0 Å². The Balaban J connectivity index is 1.57. The molecule has 3 rings (SSSR count). The Kier molecular flexibility index (Phi) is 3.95. The third-order valence-corrected chi connectivity index (χ3v) is 4.85. The lowest BCUT2D eigenvalue weighted by atomic mass is 9.83. The van der Waals surface area contributed by atoms with Gasteiger partial charge >= 0.3 is 5.97 Å². The number of carbonyl (C=O) groups is 2. The second-order valence-electron chi connectivity index (χ2n) is 6.26. The van der Waals surface area contributed by atoms with E-state index in [-0.39, 0.29) is 23.8 Å². The van der Waals surface area contributed by atoms with Crippen LogP contribution in [0.1, 0.15) is 36.8 Å². The fraction of sp³-hybridized carbons (Fsp3) is 0.529. The molecular formula is C17H21NO3. The highest BCUT2D eigenvalue weighted by Gasteiger charge is 2.32. The lowest BCUT2D eigenvalue weighted by Gasteiger charge is -2.25. The number of carboxylic acids is 1. The van der Waals surface area contributed by atoms with Gasteiger partial charge in [0.15, 0.2) is 0 Å². The summed E-state index contributed by atoms with van der Waals surface area (Å²) in [4.78, 5) is 23.3. The predicted octanol–water partition coefficient (Wildman–Crippen LogP) is 2.16. The van der Waals surface area contributed by atoms with Gasteiger partial charge in [-0.15, -0.1) is 0 Å². The first kappa shape index (κ1) is 14.1. The fourth-order valence-corrected chi connectivity index (χ4v) is 3.58. The number of carbonyl (C=O) groups excluding carboxylic acids is 1. The molecule has 1 aromatic carbocycles. The van der Waals surface area contributed by atoms with Gasteiger partial charge in [0, 0.05) is 12.0 Å². The number of hydrogen-bond donors (Lipinski definition) is 2. The van der Waals surface area contributed by atoms with Crippen LogP contribution in [0.25, 0.3) is 0 Å². The normalized spacial score (nSPS) is 27.9. The smallest absolute Gasteiger partial charge is 0.306 e. The van der Waals surface area contributed by atoms with Crippen molar-refractivity contribution in [2.24, 2.45) is 11.8 Å². The summed E-state index contributed by atoms with van der Waals surface area (Å²) in [6.07, 6.45) is 4.68. The minimum Gasteiger partial charge on any atom is -0.481 e. The van der Waals surface area contributed by atoms with Gasteiger partial charge in [0.25, 0.3) is 0 Å².